The molecule has 0 unspecified atom stereocenters. The number of amides is 1. The van der Waals surface area contributed by atoms with Crippen molar-refractivity contribution in [1.82, 2.24) is 5.32 Å². The molecule has 0 radical (unpaired) electrons. The Labute approximate surface area is 95.2 Å². The topological polar surface area (TPSA) is 58.6 Å². The largest absolute Gasteiger partial charge is 0.508 e. The molecule has 1 amide bonds. The second-order valence-electron chi connectivity index (χ2n) is 3.39. The van der Waals surface area contributed by atoms with E-state index in [9.17, 15) is 9.90 Å². The van der Waals surface area contributed by atoms with E-state index in [1.807, 2.05) is 13.0 Å². The van der Waals surface area contributed by atoms with Gasteiger partial charge in [0.05, 0.1) is 6.61 Å². The average Bonchev–Trinajstić information content (AvgIpc) is 2.27. The Hall–Kier alpha value is -1.55. The third-order valence-corrected chi connectivity index (χ3v) is 2.08. The van der Waals surface area contributed by atoms with Crippen LogP contribution in [0.2, 0.25) is 0 Å². The molecule has 0 bridgehead atoms. The number of carbonyl (C=O) groups excluding carboxylic acids is 1. The molecule has 4 nitrogen and oxygen atoms in total. The summed E-state index contributed by atoms with van der Waals surface area (Å²) in [7, 11) is 0. The Morgan fingerprint density at radius 2 is 2.31 bits per heavy atom. The molecule has 0 aromatic heterocycles. The fraction of sp³-hybridized carbons (Fsp3) is 0.417. The first-order chi connectivity index (χ1) is 7.72. The Balaban J connectivity index is 2.26. The van der Waals surface area contributed by atoms with Crippen LogP contribution in [0.15, 0.2) is 24.3 Å². The number of rotatable bonds is 6. The van der Waals surface area contributed by atoms with Gasteiger partial charge in [0.1, 0.15) is 5.75 Å². The molecule has 4 heteroatoms. The van der Waals surface area contributed by atoms with Gasteiger partial charge in [0.2, 0.25) is 5.91 Å². The van der Waals surface area contributed by atoms with Gasteiger partial charge in [-0.05, 0) is 24.6 Å². The van der Waals surface area contributed by atoms with Gasteiger partial charge in [0.15, 0.2) is 0 Å². The standard InChI is InChI=1S/C12H17NO3/c1-2-16-7-6-12(15)13-9-10-4-3-5-11(14)8-10/h3-5,8,14H,2,6-7,9H2,1H3,(H,13,15). The highest BCUT2D eigenvalue weighted by molar-refractivity contribution is 5.75. The molecule has 0 saturated carbocycles. The van der Waals surface area contributed by atoms with E-state index in [0.717, 1.165) is 5.56 Å². The van der Waals surface area contributed by atoms with Crippen molar-refractivity contribution in [2.24, 2.45) is 0 Å². The predicted octanol–water partition coefficient (Wildman–Crippen LogP) is 1.43. The van der Waals surface area contributed by atoms with Crippen LogP contribution in [0.25, 0.3) is 0 Å². The maximum absolute atomic E-state index is 11.3. The Kier molecular flexibility index (Phi) is 5.36. The maximum atomic E-state index is 11.3. The van der Waals surface area contributed by atoms with Crippen molar-refractivity contribution in [2.45, 2.75) is 19.9 Å². The van der Waals surface area contributed by atoms with Crippen molar-refractivity contribution < 1.29 is 14.6 Å². The molecule has 0 aliphatic rings. The van der Waals surface area contributed by atoms with Crippen molar-refractivity contribution in [3.63, 3.8) is 0 Å². The molecule has 1 aromatic carbocycles. The molecule has 1 aromatic rings. The van der Waals surface area contributed by atoms with Crippen LogP contribution in [-0.2, 0) is 16.1 Å². The van der Waals surface area contributed by atoms with E-state index in [0.29, 0.717) is 26.2 Å². The number of ether oxygens (including phenoxy) is 1. The van der Waals surface area contributed by atoms with Crippen LogP contribution >= 0.6 is 0 Å². The Morgan fingerprint density at radius 3 is 3.00 bits per heavy atom. The number of phenols is 1. The average molecular weight is 223 g/mol. The van der Waals surface area contributed by atoms with Gasteiger partial charge in [-0.3, -0.25) is 4.79 Å². The normalized spacial score (nSPS) is 10.1. The summed E-state index contributed by atoms with van der Waals surface area (Å²) in [4.78, 5) is 11.3. The van der Waals surface area contributed by atoms with E-state index >= 15 is 0 Å². The van der Waals surface area contributed by atoms with E-state index < -0.39 is 0 Å². The van der Waals surface area contributed by atoms with Crippen molar-refractivity contribution in [3.05, 3.63) is 29.8 Å². The molecule has 0 aliphatic heterocycles. The lowest BCUT2D eigenvalue weighted by Gasteiger charge is -2.05. The summed E-state index contributed by atoms with van der Waals surface area (Å²) in [5, 5.41) is 12.0. The lowest BCUT2D eigenvalue weighted by molar-refractivity contribution is -0.122. The van der Waals surface area contributed by atoms with Crippen LogP contribution in [0, 0.1) is 0 Å². The van der Waals surface area contributed by atoms with Crippen LogP contribution in [-0.4, -0.2) is 24.2 Å². The minimum Gasteiger partial charge on any atom is -0.508 e. The van der Waals surface area contributed by atoms with Gasteiger partial charge in [-0.15, -0.1) is 0 Å². The van der Waals surface area contributed by atoms with Crippen molar-refractivity contribution in [3.8, 4) is 5.75 Å². The zero-order valence-electron chi connectivity index (χ0n) is 9.40. The fourth-order valence-corrected chi connectivity index (χ4v) is 1.26. The lowest BCUT2D eigenvalue weighted by Crippen LogP contribution is -2.23. The van der Waals surface area contributed by atoms with Gasteiger partial charge in [0.25, 0.3) is 0 Å². The summed E-state index contributed by atoms with van der Waals surface area (Å²) in [6.45, 7) is 3.40. The fourth-order valence-electron chi connectivity index (χ4n) is 1.26. The molecule has 16 heavy (non-hydrogen) atoms. The summed E-state index contributed by atoms with van der Waals surface area (Å²) in [6, 6.07) is 6.82. The summed E-state index contributed by atoms with van der Waals surface area (Å²) < 4.78 is 5.07. The monoisotopic (exact) mass is 223 g/mol. The number of aromatic hydroxyl groups is 1. The summed E-state index contributed by atoms with van der Waals surface area (Å²) in [5.74, 6) is 0.165. The second kappa shape index (κ2) is 6.85. The molecular weight excluding hydrogens is 206 g/mol. The number of nitrogens with one attached hydrogen (secondary N) is 1. The molecule has 1 rings (SSSR count). The highest BCUT2D eigenvalue weighted by Gasteiger charge is 2.01. The van der Waals surface area contributed by atoms with E-state index in [2.05, 4.69) is 5.32 Å². The summed E-state index contributed by atoms with van der Waals surface area (Å²) in [5.41, 5.74) is 0.879. The van der Waals surface area contributed by atoms with Crippen molar-refractivity contribution >= 4 is 5.91 Å². The van der Waals surface area contributed by atoms with Crippen molar-refractivity contribution in [2.75, 3.05) is 13.2 Å². The number of phenolic OH excluding ortho intramolecular Hbond substituents is 1. The van der Waals surface area contributed by atoms with Crippen LogP contribution in [0.5, 0.6) is 5.75 Å². The molecule has 0 spiro atoms. The van der Waals surface area contributed by atoms with Crippen LogP contribution in [0.3, 0.4) is 0 Å². The molecular formula is C12H17NO3. The Bertz CT molecular complexity index is 339. The predicted molar refractivity (Wildman–Crippen MR) is 61.1 cm³/mol. The number of carbonyl (C=O) groups is 1. The molecule has 0 fully saturated rings. The van der Waals surface area contributed by atoms with Gasteiger partial charge < -0.3 is 15.2 Å². The molecule has 0 aliphatic carbocycles. The smallest absolute Gasteiger partial charge is 0.222 e. The lowest BCUT2D eigenvalue weighted by atomic mass is 10.2. The minimum absolute atomic E-state index is 0.0446. The third kappa shape index (κ3) is 4.79. The van der Waals surface area contributed by atoms with Gasteiger partial charge in [0, 0.05) is 19.6 Å². The van der Waals surface area contributed by atoms with Crippen LogP contribution in [0.1, 0.15) is 18.9 Å². The summed E-state index contributed by atoms with van der Waals surface area (Å²) >= 11 is 0. The molecule has 0 heterocycles. The third-order valence-electron chi connectivity index (χ3n) is 2.08. The van der Waals surface area contributed by atoms with E-state index in [1.165, 1.54) is 0 Å². The maximum Gasteiger partial charge on any atom is 0.222 e. The molecule has 0 saturated heterocycles. The first-order valence-electron chi connectivity index (χ1n) is 5.34. The minimum atomic E-state index is -0.0446. The first kappa shape index (κ1) is 12.5. The first-order valence-corrected chi connectivity index (χ1v) is 5.34. The number of hydrogen-bond donors (Lipinski definition) is 2. The summed E-state index contributed by atoms with van der Waals surface area (Å²) in [6.07, 6.45) is 0.368. The van der Waals surface area contributed by atoms with Crippen molar-refractivity contribution in [1.29, 1.82) is 0 Å². The highest BCUT2D eigenvalue weighted by Crippen LogP contribution is 2.10. The van der Waals surface area contributed by atoms with Gasteiger partial charge in [-0.1, -0.05) is 12.1 Å². The quantitative estimate of drug-likeness (QED) is 0.717. The second-order valence-corrected chi connectivity index (χ2v) is 3.39. The SMILES string of the molecule is CCOCCC(=O)NCc1cccc(O)c1. The Morgan fingerprint density at radius 1 is 1.50 bits per heavy atom. The zero-order valence-corrected chi connectivity index (χ0v) is 9.40. The molecule has 88 valence electrons. The van der Waals surface area contributed by atoms with E-state index in [1.54, 1.807) is 18.2 Å². The number of hydrogen-bond acceptors (Lipinski definition) is 3. The molecule has 0 atom stereocenters. The number of benzene rings is 1. The van der Waals surface area contributed by atoms with Gasteiger partial charge >= 0.3 is 0 Å². The molecule has 2 N–H and O–H groups in total. The zero-order chi connectivity index (χ0) is 11.8. The highest BCUT2D eigenvalue weighted by atomic mass is 16.5. The van der Waals surface area contributed by atoms with Gasteiger partial charge in [-0.2, -0.15) is 0 Å². The van der Waals surface area contributed by atoms with Crippen LogP contribution in [0.4, 0.5) is 0 Å². The van der Waals surface area contributed by atoms with E-state index in [4.69, 9.17) is 4.74 Å². The van der Waals surface area contributed by atoms with Crippen LogP contribution < -0.4 is 5.32 Å². The van der Waals surface area contributed by atoms with Gasteiger partial charge in [-0.25, -0.2) is 0 Å². The van der Waals surface area contributed by atoms with E-state index in [-0.39, 0.29) is 11.7 Å².